The molecule has 2 rings (SSSR count). The summed E-state index contributed by atoms with van der Waals surface area (Å²) in [5.74, 6) is 0. The van der Waals surface area contributed by atoms with Gasteiger partial charge < -0.3 is 10.2 Å². The van der Waals surface area contributed by atoms with Crippen molar-refractivity contribution in [1.29, 1.82) is 0 Å². The molecule has 1 heterocycles. The predicted octanol–water partition coefficient (Wildman–Crippen LogP) is 3.48. The quantitative estimate of drug-likeness (QED) is 0.757. The number of rotatable bonds is 7. The van der Waals surface area contributed by atoms with Crippen LogP contribution in [0.5, 0.6) is 0 Å². The highest BCUT2D eigenvalue weighted by Gasteiger charge is 2.18. The summed E-state index contributed by atoms with van der Waals surface area (Å²) in [4.78, 5) is 5.12. The first kappa shape index (κ1) is 16.8. The van der Waals surface area contributed by atoms with E-state index in [0.29, 0.717) is 0 Å². The first-order chi connectivity index (χ1) is 10.2. The van der Waals surface area contributed by atoms with Crippen molar-refractivity contribution in [3.63, 3.8) is 0 Å². The lowest BCUT2D eigenvalue weighted by Gasteiger charge is -2.37. The maximum Gasteiger partial charge on any atom is 0.0413 e. The number of halogens is 1. The molecule has 0 bridgehead atoms. The number of nitrogens with one attached hydrogen (secondary N) is 1. The zero-order valence-electron chi connectivity index (χ0n) is 13.4. The molecule has 0 spiro atoms. The Labute approximate surface area is 137 Å². The van der Waals surface area contributed by atoms with Gasteiger partial charge in [-0.1, -0.05) is 29.8 Å². The highest BCUT2D eigenvalue weighted by Crippen LogP contribution is 2.25. The van der Waals surface area contributed by atoms with Crippen LogP contribution in [-0.4, -0.2) is 44.2 Å². The maximum atomic E-state index is 3.60. The van der Waals surface area contributed by atoms with Crippen LogP contribution < -0.4 is 10.2 Å². The molecule has 1 fully saturated rings. The van der Waals surface area contributed by atoms with E-state index in [-0.39, 0.29) is 0 Å². The van der Waals surface area contributed by atoms with Gasteiger partial charge in [-0.25, -0.2) is 0 Å². The van der Waals surface area contributed by atoms with Crippen molar-refractivity contribution in [2.75, 3.05) is 44.2 Å². The van der Waals surface area contributed by atoms with Crippen LogP contribution in [0.25, 0.3) is 0 Å². The van der Waals surface area contributed by atoms with E-state index in [9.17, 15) is 0 Å². The summed E-state index contributed by atoms with van der Waals surface area (Å²) in [5, 5.41) is 3.53. The zero-order chi connectivity index (χ0) is 15.1. The van der Waals surface area contributed by atoms with E-state index in [2.05, 4.69) is 63.1 Å². The van der Waals surface area contributed by atoms with Crippen LogP contribution in [0.2, 0.25) is 0 Å². The first-order valence-corrected chi connectivity index (χ1v) is 9.00. The van der Waals surface area contributed by atoms with Gasteiger partial charge in [0.1, 0.15) is 0 Å². The van der Waals surface area contributed by atoms with Crippen molar-refractivity contribution in [2.45, 2.75) is 33.2 Å². The molecular formula is C17H28BrN3. The standard InChI is InChI=1S/C17H28BrN3/c1-3-7-19-14-15-13-16(18)5-6-17(15)21-11-9-20(8-4-2)10-12-21/h5-6,13,19H,3-4,7-12,14H2,1-2H3. The van der Waals surface area contributed by atoms with Crippen LogP contribution in [0.15, 0.2) is 22.7 Å². The van der Waals surface area contributed by atoms with E-state index in [1.54, 1.807) is 0 Å². The third-order valence-electron chi connectivity index (χ3n) is 4.04. The molecular weight excluding hydrogens is 326 g/mol. The van der Waals surface area contributed by atoms with Gasteiger partial charge in [-0.05, 0) is 49.7 Å². The van der Waals surface area contributed by atoms with Crippen molar-refractivity contribution in [3.8, 4) is 0 Å². The van der Waals surface area contributed by atoms with E-state index >= 15 is 0 Å². The molecule has 1 aliphatic rings. The fraction of sp³-hybridized carbons (Fsp3) is 0.647. The molecule has 0 aromatic heterocycles. The summed E-state index contributed by atoms with van der Waals surface area (Å²) >= 11 is 3.60. The number of hydrogen-bond donors (Lipinski definition) is 1. The molecule has 0 unspecified atom stereocenters. The van der Waals surface area contributed by atoms with E-state index < -0.39 is 0 Å². The van der Waals surface area contributed by atoms with Gasteiger partial charge in [-0.2, -0.15) is 0 Å². The average Bonchev–Trinajstić information content (AvgIpc) is 2.49. The van der Waals surface area contributed by atoms with Crippen molar-refractivity contribution >= 4 is 21.6 Å². The normalized spacial score (nSPS) is 16.4. The van der Waals surface area contributed by atoms with Gasteiger partial charge >= 0.3 is 0 Å². The lowest BCUT2D eigenvalue weighted by atomic mass is 10.1. The fourth-order valence-corrected chi connectivity index (χ4v) is 3.34. The molecule has 21 heavy (non-hydrogen) atoms. The third kappa shape index (κ3) is 4.97. The Morgan fingerprint density at radius 3 is 2.52 bits per heavy atom. The van der Waals surface area contributed by atoms with Gasteiger partial charge in [0.05, 0.1) is 0 Å². The Morgan fingerprint density at radius 2 is 1.86 bits per heavy atom. The Hall–Kier alpha value is -0.580. The second-order valence-corrected chi connectivity index (χ2v) is 6.69. The van der Waals surface area contributed by atoms with E-state index in [1.807, 2.05) is 0 Å². The summed E-state index contributed by atoms with van der Waals surface area (Å²) in [7, 11) is 0. The van der Waals surface area contributed by atoms with Crippen LogP contribution >= 0.6 is 15.9 Å². The molecule has 118 valence electrons. The molecule has 3 nitrogen and oxygen atoms in total. The lowest BCUT2D eigenvalue weighted by molar-refractivity contribution is 0.258. The SMILES string of the molecule is CCCNCc1cc(Br)ccc1N1CCN(CCC)CC1. The predicted molar refractivity (Wildman–Crippen MR) is 95.1 cm³/mol. The maximum absolute atomic E-state index is 3.60. The lowest BCUT2D eigenvalue weighted by Crippen LogP contribution is -2.46. The minimum atomic E-state index is 0.956. The van der Waals surface area contributed by atoms with Crippen LogP contribution in [0, 0.1) is 0 Å². The Bertz CT molecular complexity index is 428. The molecule has 0 radical (unpaired) electrons. The van der Waals surface area contributed by atoms with Gasteiger partial charge in [-0.3, -0.25) is 4.90 Å². The van der Waals surface area contributed by atoms with E-state index in [1.165, 1.54) is 48.2 Å². The van der Waals surface area contributed by atoms with Gasteiger partial charge in [0.15, 0.2) is 0 Å². The Kier molecular flexibility index (Phi) is 7.00. The monoisotopic (exact) mass is 353 g/mol. The number of benzene rings is 1. The van der Waals surface area contributed by atoms with Crippen molar-refractivity contribution in [2.24, 2.45) is 0 Å². The minimum Gasteiger partial charge on any atom is -0.369 e. The summed E-state index contributed by atoms with van der Waals surface area (Å²) in [6.45, 7) is 12.4. The van der Waals surface area contributed by atoms with Crippen molar-refractivity contribution in [3.05, 3.63) is 28.2 Å². The van der Waals surface area contributed by atoms with Crippen molar-refractivity contribution < 1.29 is 0 Å². The van der Waals surface area contributed by atoms with Gasteiger partial charge in [0.2, 0.25) is 0 Å². The molecule has 0 aliphatic carbocycles. The van der Waals surface area contributed by atoms with Gasteiger partial charge in [0.25, 0.3) is 0 Å². The van der Waals surface area contributed by atoms with Crippen molar-refractivity contribution in [1.82, 2.24) is 10.2 Å². The molecule has 1 saturated heterocycles. The van der Waals surface area contributed by atoms with Crippen LogP contribution in [0.3, 0.4) is 0 Å². The molecule has 0 amide bonds. The molecule has 4 heteroatoms. The molecule has 1 aromatic rings. The molecule has 1 aliphatic heterocycles. The van der Waals surface area contributed by atoms with Gasteiger partial charge in [0, 0.05) is 42.9 Å². The topological polar surface area (TPSA) is 18.5 Å². The Balaban J connectivity index is 2.01. The van der Waals surface area contributed by atoms with Crippen LogP contribution in [0.1, 0.15) is 32.3 Å². The van der Waals surface area contributed by atoms with Crippen LogP contribution in [-0.2, 0) is 6.54 Å². The minimum absolute atomic E-state index is 0.956. The van der Waals surface area contributed by atoms with E-state index in [0.717, 1.165) is 26.2 Å². The zero-order valence-corrected chi connectivity index (χ0v) is 15.0. The number of nitrogens with zero attached hydrogens (tertiary/aromatic N) is 2. The largest absolute Gasteiger partial charge is 0.369 e. The summed E-state index contributed by atoms with van der Waals surface area (Å²) in [6.07, 6.45) is 2.43. The fourth-order valence-electron chi connectivity index (χ4n) is 2.93. The first-order valence-electron chi connectivity index (χ1n) is 8.21. The number of piperazine rings is 1. The molecule has 0 saturated carbocycles. The number of anilines is 1. The summed E-state index contributed by atoms with van der Waals surface area (Å²) < 4.78 is 1.17. The smallest absolute Gasteiger partial charge is 0.0413 e. The summed E-state index contributed by atoms with van der Waals surface area (Å²) in [5.41, 5.74) is 2.81. The number of hydrogen-bond acceptors (Lipinski definition) is 3. The second-order valence-electron chi connectivity index (χ2n) is 5.78. The third-order valence-corrected chi connectivity index (χ3v) is 4.53. The summed E-state index contributed by atoms with van der Waals surface area (Å²) in [6, 6.07) is 6.69. The van der Waals surface area contributed by atoms with Crippen LogP contribution in [0.4, 0.5) is 5.69 Å². The van der Waals surface area contributed by atoms with E-state index in [4.69, 9.17) is 0 Å². The molecule has 1 aromatic carbocycles. The highest BCUT2D eigenvalue weighted by atomic mass is 79.9. The van der Waals surface area contributed by atoms with Gasteiger partial charge in [-0.15, -0.1) is 0 Å². The molecule has 0 atom stereocenters. The molecule has 1 N–H and O–H groups in total. The average molecular weight is 354 g/mol. The Morgan fingerprint density at radius 1 is 1.10 bits per heavy atom. The second kappa shape index (κ2) is 8.76. The highest BCUT2D eigenvalue weighted by molar-refractivity contribution is 9.10.